The quantitative estimate of drug-likeness (QED) is 0.737. The smallest absolute Gasteiger partial charge is 0.337 e. The van der Waals surface area contributed by atoms with Gasteiger partial charge in [0.2, 0.25) is 5.91 Å². The molecular weight excluding hydrogens is 227 g/mol. The first-order chi connectivity index (χ1) is 7.95. The first-order valence-corrected chi connectivity index (χ1v) is 5.05. The molecule has 92 valence electrons. The zero-order valence-electron chi connectivity index (χ0n) is 9.24. The van der Waals surface area contributed by atoms with Crippen LogP contribution in [0.3, 0.4) is 0 Å². The highest BCUT2D eigenvalue weighted by Crippen LogP contribution is 2.17. The van der Waals surface area contributed by atoms with Crippen molar-refractivity contribution in [1.82, 2.24) is 0 Å². The predicted octanol–water partition coefficient (Wildman–Crippen LogP) is 1.20. The van der Waals surface area contributed by atoms with E-state index in [2.05, 4.69) is 5.32 Å². The van der Waals surface area contributed by atoms with Crippen LogP contribution in [0.15, 0.2) is 18.2 Å². The summed E-state index contributed by atoms with van der Waals surface area (Å²) in [5.41, 5.74) is 5.22. The molecule has 0 aliphatic heterocycles. The number of nitrogens with two attached hydrogens (primary N) is 1. The summed E-state index contributed by atoms with van der Waals surface area (Å²) in [7, 11) is 0. The van der Waals surface area contributed by atoms with Gasteiger partial charge in [-0.2, -0.15) is 0 Å². The number of carbonyl (C=O) groups is 2. The summed E-state index contributed by atoms with van der Waals surface area (Å²) >= 11 is 0. The summed E-state index contributed by atoms with van der Waals surface area (Å²) in [4.78, 5) is 22.3. The molecular formula is C11H13FN2O3. The molecule has 0 bridgehead atoms. The number of anilines is 1. The SMILES string of the molecule is CC[C@H](N)C(=O)Nc1ccc(F)cc1C(=O)O. The van der Waals surface area contributed by atoms with Crippen molar-refractivity contribution in [2.75, 3.05) is 5.32 Å². The van der Waals surface area contributed by atoms with Gasteiger partial charge in [0, 0.05) is 0 Å². The maximum absolute atomic E-state index is 12.9. The molecule has 1 aromatic rings. The molecule has 6 heteroatoms. The first-order valence-electron chi connectivity index (χ1n) is 5.05. The third-order valence-electron chi connectivity index (χ3n) is 2.25. The van der Waals surface area contributed by atoms with E-state index >= 15 is 0 Å². The Bertz CT molecular complexity index is 448. The molecule has 17 heavy (non-hydrogen) atoms. The molecule has 5 nitrogen and oxygen atoms in total. The van der Waals surface area contributed by atoms with Crippen molar-refractivity contribution in [1.29, 1.82) is 0 Å². The van der Waals surface area contributed by atoms with Gasteiger partial charge in [-0.15, -0.1) is 0 Å². The molecule has 4 N–H and O–H groups in total. The number of amides is 1. The molecule has 0 saturated heterocycles. The van der Waals surface area contributed by atoms with E-state index in [1.54, 1.807) is 6.92 Å². The second kappa shape index (κ2) is 5.40. The van der Waals surface area contributed by atoms with Crippen molar-refractivity contribution >= 4 is 17.6 Å². The maximum Gasteiger partial charge on any atom is 0.337 e. The predicted molar refractivity (Wildman–Crippen MR) is 60.3 cm³/mol. The highest BCUT2D eigenvalue weighted by molar-refractivity contribution is 6.02. The van der Waals surface area contributed by atoms with Gasteiger partial charge in [-0.3, -0.25) is 4.79 Å². The maximum atomic E-state index is 12.9. The molecule has 1 aromatic carbocycles. The third-order valence-corrected chi connectivity index (χ3v) is 2.25. The number of hydrogen-bond acceptors (Lipinski definition) is 3. The molecule has 0 heterocycles. The van der Waals surface area contributed by atoms with E-state index in [1.807, 2.05) is 0 Å². The van der Waals surface area contributed by atoms with Crippen LogP contribution in [0.4, 0.5) is 10.1 Å². The van der Waals surface area contributed by atoms with Crippen LogP contribution in [-0.2, 0) is 4.79 Å². The van der Waals surface area contributed by atoms with E-state index < -0.39 is 23.7 Å². The van der Waals surface area contributed by atoms with Crippen LogP contribution in [0, 0.1) is 5.82 Å². The fourth-order valence-electron chi connectivity index (χ4n) is 1.21. The Balaban J connectivity index is 2.98. The van der Waals surface area contributed by atoms with Gasteiger partial charge < -0.3 is 16.2 Å². The first kappa shape index (κ1) is 13.1. The van der Waals surface area contributed by atoms with Gasteiger partial charge in [-0.25, -0.2) is 9.18 Å². The minimum Gasteiger partial charge on any atom is -0.478 e. The molecule has 0 aliphatic rings. The van der Waals surface area contributed by atoms with E-state index in [4.69, 9.17) is 10.8 Å². The largest absolute Gasteiger partial charge is 0.478 e. The summed E-state index contributed by atoms with van der Waals surface area (Å²) in [6, 6.07) is 2.38. The highest BCUT2D eigenvalue weighted by atomic mass is 19.1. The molecule has 0 radical (unpaired) electrons. The lowest BCUT2D eigenvalue weighted by Crippen LogP contribution is -2.35. The van der Waals surface area contributed by atoms with Gasteiger partial charge in [-0.05, 0) is 24.6 Å². The van der Waals surface area contributed by atoms with E-state index in [9.17, 15) is 14.0 Å². The van der Waals surface area contributed by atoms with E-state index in [-0.39, 0.29) is 11.3 Å². The molecule has 1 amide bonds. The number of hydrogen-bond donors (Lipinski definition) is 3. The number of carbonyl (C=O) groups excluding carboxylic acids is 1. The van der Waals surface area contributed by atoms with Gasteiger partial charge in [0.25, 0.3) is 0 Å². The standard InChI is InChI=1S/C11H13FN2O3/c1-2-8(13)10(15)14-9-4-3-6(12)5-7(9)11(16)17/h3-5,8H,2,13H2,1H3,(H,14,15)(H,16,17)/t8-/m0/s1. The van der Waals surface area contributed by atoms with Crippen LogP contribution < -0.4 is 11.1 Å². The average Bonchev–Trinajstić information content (AvgIpc) is 2.29. The zero-order valence-corrected chi connectivity index (χ0v) is 9.24. The summed E-state index contributed by atoms with van der Waals surface area (Å²) in [5.74, 6) is -2.49. The molecule has 0 unspecified atom stereocenters. The summed E-state index contributed by atoms with van der Waals surface area (Å²) in [5, 5.41) is 11.2. The second-order valence-corrected chi connectivity index (χ2v) is 3.50. The van der Waals surface area contributed by atoms with Gasteiger partial charge in [0.15, 0.2) is 0 Å². The minimum absolute atomic E-state index is 0.0350. The molecule has 0 spiro atoms. The fourth-order valence-corrected chi connectivity index (χ4v) is 1.21. The Hall–Kier alpha value is -1.95. The Labute approximate surface area is 97.4 Å². The Morgan fingerprint density at radius 1 is 1.53 bits per heavy atom. The van der Waals surface area contributed by atoms with Crippen molar-refractivity contribution in [2.45, 2.75) is 19.4 Å². The molecule has 0 fully saturated rings. The Morgan fingerprint density at radius 2 is 2.18 bits per heavy atom. The number of carboxylic acids is 1. The van der Waals surface area contributed by atoms with Gasteiger partial charge >= 0.3 is 5.97 Å². The average molecular weight is 240 g/mol. The summed E-state index contributed by atoms with van der Waals surface area (Å²) in [6.07, 6.45) is 0.426. The normalized spacial score (nSPS) is 11.9. The van der Waals surface area contributed by atoms with Crippen LogP contribution in [0.2, 0.25) is 0 Å². The van der Waals surface area contributed by atoms with E-state index in [0.29, 0.717) is 6.42 Å². The van der Waals surface area contributed by atoms with Crippen LogP contribution in [0.5, 0.6) is 0 Å². The highest BCUT2D eigenvalue weighted by Gasteiger charge is 2.16. The summed E-state index contributed by atoms with van der Waals surface area (Å²) in [6.45, 7) is 1.73. The van der Waals surface area contributed by atoms with Crippen LogP contribution in [0.1, 0.15) is 23.7 Å². The van der Waals surface area contributed by atoms with Crippen molar-refractivity contribution < 1.29 is 19.1 Å². The Morgan fingerprint density at radius 3 is 2.71 bits per heavy atom. The van der Waals surface area contributed by atoms with Crippen molar-refractivity contribution in [3.8, 4) is 0 Å². The lowest BCUT2D eigenvalue weighted by atomic mass is 10.1. The van der Waals surface area contributed by atoms with Gasteiger partial charge in [0.1, 0.15) is 5.82 Å². The van der Waals surface area contributed by atoms with Crippen LogP contribution in [-0.4, -0.2) is 23.0 Å². The lowest BCUT2D eigenvalue weighted by molar-refractivity contribution is -0.117. The number of nitrogens with one attached hydrogen (secondary N) is 1. The number of carboxylic acid groups (broad SMARTS) is 1. The fraction of sp³-hybridized carbons (Fsp3) is 0.273. The topological polar surface area (TPSA) is 92.4 Å². The molecule has 0 aliphatic carbocycles. The van der Waals surface area contributed by atoms with Gasteiger partial charge in [0.05, 0.1) is 17.3 Å². The van der Waals surface area contributed by atoms with E-state index in [0.717, 1.165) is 12.1 Å². The van der Waals surface area contributed by atoms with Crippen molar-refractivity contribution in [3.05, 3.63) is 29.6 Å². The molecule has 1 rings (SSSR count). The number of aromatic carboxylic acids is 1. The van der Waals surface area contributed by atoms with Crippen molar-refractivity contribution in [2.24, 2.45) is 5.73 Å². The lowest BCUT2D eigenvalue weighted by Gasteiger charge is -2.12. The van der Waals surface area contributed by atoms with Gasteiger partial charge in [-0.1, -0.05) is 6.92 Å². The molecule has 1 atom stereocenters. The summed E-state index contributed by atoms with van der Waals surface area (Å²) < 4.78 is 12.9. The van der Waals surface area contributed by atoms with Crippen molar-refractivity contribution in [3.63, 3.8) is 0 Å². The Kier molecular flexibility index (Phi) is 4.17. The number of benzene rings is 1. The van der Waals surface area contributed by atoms with E-state index in [1.165, 1.54) is 6.07 Å². The minimum atomic E-state index is -1.31. The number of rotatable bonds is 4. The zero-order chi connectivity index (χ0) is 13.0. The number of halogens is 1. The molecule has 0 aromatic heterocycles. The van der Waals surface area contributed by atoms with Crippen LogP contribution in [0.25, 0.3) is 0 Å². The van der Waals surface area contributed by atoms with Crippen LogP contribution >= 0.6 is 0 Å². The monoisotopic (exact) mass is 240 g/mol. The second-order valence-electron chi connectivity index (χ2n) is 3.50. The molecule has 0 saturated carbocycles. The third kappa shape index (κ3) is 3.25.